The minimum atomic E-state index is -0.659. The summed E-state index contributed by atoms with van der Waals surface area (Å²) in [4.78, 5) is 0. The standard InChI is InChI=1S/C32H36I2O3/c33-21-20-28-18-19-30-31(24-34,37-28)23-29(36-30)17-10-22-35-32(25-11-4-1-5-12-25,26-13-6-2-7-14-26)27-15-8-3-9-16-27/h1-9,11-16,28-30H,10,17-24H2/t28?,29-,30-,31?/m0/s1. The van der Waals surface area contributed by atoms with Gasteiger partial charge >= 0.3 is 0 Å². The second-order valence-electron chi connectivity index (χ2n) is 10.2. The zero-order valence-corrected chi connectivity index (χ0v) is 25.6. The molecule has 196 valence electrons. The lowest BCUT2D eigenvalue weighted by molar-refractivity contribution is -0.151. The van der Waals surface area contributed by atoms with E-state index in [0.717, 1.165) is 64.1 Å². The first-order valence-corrected chi connectivity index (χ1v) is 16.5. The Morgan fingerprint density at radius 2 is 1.32 bits per heavy atom. The Bertz CT molecular complexity index is 998. The van der Waals surface area contributed by atoms with Crippen molar-refractivity contribution in [3.63, 3.8) is 0 Å². The Balaban J connectivity index is 1.32. The van der Waals surface area contributed by atoms with E-state index >= 15 is 0 Å². The molecule has 2 aliphatic rings. The topological polar surface area (TPSA) is 27.7 Å². The Kier molecular flexibility index (Phi) is 9.61. The van der Waals surface area contributed by atoms with Crippen molar-refractivity contribution in [3.05, 3.63) is 108 Å². The number of rotatable bonds is 11. The van der Waals surface area contributed by atoms with Crippen molar-refractivity contribution in [2.45, 2.75) is 68.0 Å². The number of hydrogen-bond donors (Lipinski definition) is 0. The maximum atomic E-state index is 6.98. The predicted molar refractivity (Wildman–Crippen MR) is 167 cm³/mol. The minimum absolute atomic E-state index is 0.108. The van der Waals surface area contributed by atoms with Gasteiger partial charge in [0.05, 0.1) is 18.3 Å². The molecule has 0 saturated carbocycles. The van der Waals surface area contributed by atoms with Crippen LogP contribution in [0.15, 0.2) is 91.0 Å². The first-order chi connectivity index (χ1) is 18.2. The molecule has 0 bridgehead atoms. The first kappa shape index (κ1) is 27.6. The van der Waals surface area contributed by atoms with E-state index in [1.165, 1.54) is 0 Å². The van der Waals surface area contributed by atoms with E-state index in [2.05, 4.69) is 136 Å². The molecular formula is C32H36I2O3. The fraction of sp³-hybridized carbons (Fsp3) is 0.438. The molecule has 4 atom stereocenters. The highest BCUT2D eigenvalue weighted by Crippen LogP contribution is 2.45. The highest BCUT2D eigenvalue weighted by Gasteiger charge is 2.52. The van der Waals surface area contributed by atoms with Crippen LogP contribution >= 0.6 is 45.2 Å². The average molecular weight is 722 g/mol. The number of alkyl halides is 2. The number of halogens is 2. The highest BCUT2D eigenvalue weighted by molar-refractivity contribution is 14.1. The second-order valence-corrected chi connectivity index (χ2v) is 12.1. The number of fused-ring (bicyclic) bond motifs is 1. The molecule has 2 aliphatic heterocycles. The maximum absolute atomic E-state index is 6.98. The van der Waals surface area contributed by atoms with Gasteiger partial charge in [-0.15, -0.1) is 0 Å². The van der Waals surface area contributed by atoms with E-state index in [-0.39, 0.29) is 17.8 Å². The van der Waals surface area contributed by atoms with Crippen LogP contribution in [0.3, 0.4) is 0 Å². The predicted octanol–water partition coefficient (Wildman–Crippen LogP) is 8.11. The molecular weight excluding hydrogens is 686 g/mol. The largest absolute Gasteiger partial charge is 0.372 e. The molecule has 2 fully saturated rings. The molecule has 2 saturated heterocycles. The van der Waals surface area contributed by atoms with Gasteiger partial charge in [-0.2, -0.15) is 0 Å². The zero-order chi connectivity index (χ0) is 25.6. The second kappa shape index (κ2) is 12.9. The summed E-state index contributed by atoms with van der Waals surface area (Å²) in [7, 11) is 0. The molecule has 0 amide bonds. The number of benzene rings is 3. The molecule has 3 aromatic rings. The van der Waals surface area contributed by atoms with Gasteiger partial charge in [0.25, 0.3) is 0 Å². The quantitative estimate of drug-likeness (QED) is 0.0867. The van der Waals surface area contributed by atoms with Crippen molar-refractivity contribution in [1.82, 2.24) is 0 Å². The van der Waals surface area contributed by atoms with Gasteiger partial charge < -0.3 is 14.2 Å². The van der Waals surface area contributed by atoms with Crippen LogP contribution in [-0.2, 0) is 19.8 Å². The third kappa shape index (κ3) is 5.96. The molecule has 0 aromatic heterocycles. The van der Waals surface area contributed by atoms with Crippen molar-refractivity contribution >= 4 is 45.2 Å². The van der Waals surface area contributed by atoms with Crippen LogP contribution in [0.5, 0.6) is 0 Å². The van der Waals surface area contributed by atoms with E-state index in [0.29, 0.717) is 12.7 Å². The SMILES string of the molecule is ICCC1CC[C@@H]2O[C@@H](CCCOC(c3ccccc3)(c3ccccc3)c3ccccc3)CC2(CI)O1. The molecule has 37 heavy (non-hydrogen) atoms. The van der Waals surface area contributed by atoms with Gasteiger partial charge in [0.2, 0.25) is 0 Å². The van der Waals surface area contributed by atoms with Crippen molar-refractivity contribution in [2.75, 3.05) is 15.5 Å². The summed E-state index contributed by atoms with van der Waals surface area (Å²) in [6.45, 7) is 0.652. The lowest BCUT2D eigenvalue weighted by Crippen LogP contribution is -2.49. The highest BCUT2D eigenvalue weighted by atomic mass is 127. The number of ether oxygens (including phenoxy) is 3. The molecule has 0 radical (unpaired) electrons. The Morgan fingerprint density at radius 3 is 1.84 bits per heavy atom. The van der Waals surface area contributed by atoms with E-state index in [1.54, 1.807) is 0 Å². The summed E-state index contributed by atoms with van der Waals surface area (Å²) in [5, 5.41) is 0. The average Bonchev–Trinajstić information content (AvgIpc) is 3.33. The summed E-state index contributed by atoms with van der Waals surface area (Å²) in [5.74, 6) is 0. The lowest BCUT2D eigenvalue weighted by Gasteiger charge is -2.41. The van der Waals surface area contributed by atoms with Gasteiger partial charge in [0.1, 0.15) is 11.2 Å². The normalized spacial score (nSPS) is 25.6. The lowest BCUT2D eigenvalue weighted by atomic mass is 9.80. The smallest absolute Gasteiger partial charge is 0.143 e. The molecule has 2 heterocycles. The first-order valence-electron chi connectivity index (χ1n) is 13.5. The van der Waals surface area contributed by atoms with E-state index in [4.69, 9.17) is 14.2 Å². The molecule has 2 unspecified atom stereocenters. The summed E-state index contributed by atoms with van der Waals surface area (Å²) in [5.41, 5.74) is 2.67. The summed E-state index contributed by atoms with van der Waals surface area (Å²) < 4.78 is 22.4. The molecule has 3 aromatic carbocycles. The van der Waals surface area contributed by atoms with Crippen LogP contribution in [0.2, 0.25) is 0 Å². The Hall–Kier alpha value is -1.000. The van der Waals surface area contributed by atoms with Gasteiger partial charge in [0, 0.05) is 21.9 Å². The van der Waals surface area contributed by atoms with Crippen molar-refractivity contribution < 1.29 is 14.2 Å². The van der Waals surface area contributed by atoms with Gasteiger partial charge in [-0.25, -0.2) is 0 Å². The van der Waals surface area contributed by atoms with Crippen LogP contribution in [0.1, 0.15) is 55.2 Å². The van der Waals surface area contributed by atoms with E-state index < -0.39 is 5.60 Å². The summed E-state index contributed by atoms with van der Waals surface area (Å²) in [6.07, 6.45) is 7.18. The van der Waals surface area contributed by atoms with Crippen LogP contribution < -0.4 is 0 Å². The minimum Gasteiger partial charge on any atom is -0.372 e. The molecule has 3 nitrogen and oxygen atoms in total. The summed E-state index contributed by atoms with van der Waals surface area (Å²) >= 11 is 4.97. The summed E-state index contributed by atoms with van der Waals surface area (Å²) in [6, 6.07) is 31.9. The molecule has 5 heteroatoms. The third-order valence-electron chi connectivity index (χ3n) is 7.86. The number of hydrogen-bond acceptors (Lipinski definition) is 3. The Morgan fingerprint density at radius 1 is 0.757 bits per heavy atom. The molecule has 5 rings (SSSR count). The van der Waals surface area contributed by atoms with Crippen LogP contribution in [0.25, 0.3) is 0 Å². The van der Waals surface area contributed by atoms with Gasteiger partial charge in [-0.05, 0) is 48.8 Å². The van der Waals surface area contributed by atoms with Crippen LogP contribution in [0, 0.1) is 0 Å². The third-order valence-corrected chi connectivity index (χ3v) is 9.77. The van der Waals surface area contributed by atoms with Crippen LogP contribution in [0.4, 0.5) is 0 Å². The van der Waals surface area contributed by atoms with Crippen molar-refractivity contribution in [3.8, 4) is 0 Å². The monoisotopic (exact) mass is 722 g/mol. The van der Waals surface area contributed by atoms with Crippen molar-refractivity contribution in [2.24, 2.45) is 0 Å². The fourth-order valence-corrected chi connectivity index (χ4v) is 7.75. The Labute approximate surface area is 249 Å². The van der Waals surface area contributed by atoms with Crippen LogP contribution in [-0.4, -0.2) is 39.4 Å². The van der Waals surface area contributed by atoms with E-state index in [9.17, 15) is 0 Å². The van der Waals surface area contributed by atoms with E-state index in [1.807, 2.05) is 0 Å². The van der Waals surface area contributed by atoms with Gasteiger partial charge in [-0.1, -0.05) is 136 Å². The molecule has 0 spiro atoms. The molecule has 0 N–H and O–H groups in total. The zero-order valence-electron chi connectivity index (χ0n) is 21.2. The van der Waals surface area contributed by atoms with Gasteiger partial charge in [-0.3, -0.25) is 0 Å². The van der Waals surface area contributed by atoms with Gasteiger partial charge in [0.15, 0.2) is 0 Å². The maximum Gasteiger partial charge on any atom is 0.143 e. The van der Waals surface area contributed by atoms with Crippen molar-refractivity contribution in [1.29, 1.82) is 0 Å². The molecule has 0 aliphatic carbocycles. The fourth-order valence-electron chi connectivity index (χ4n) is 6.08.